The summed E-state index contributed by atoms with van der Waals surface area (Å²) in [5.41, 5.74) is 2.96. The number of aldehydes is 1. The molecule has 12 nitrogen and oxygen atoms in total. The molecule has 2 aliphatic carbocycles. The van der Waals surface area contributed by atoms with Gasteiger partial charge in [0.1, 0.15) is 35.6 Å². The Labute approximate surface area is 318 Å². The molecule has 0 unspecified atom stereocenters. The van der Waals surface area contributed by atoms with E-state index in [1.54, 1.807) is 29.2 Å². The highest BCUT2D eigenvalue weighted by Crippen LogP contribution is 2.62. The Morgan fingerprint density at radius 2 is 1.80 bits per heavy atom. The molecule has 0 radical (unpaired) electrons. The zero-order valence-electron chi connectivity index (χ0n) is 32.0. The van der Waals surface area contributed by atoms with Crippen molar-refractivity contribution in [3.63, 3.8) is 0 Å². The number of methoxy groups -OCH3 is 2. The van der Waals surface area contributed by atoms with Gasteiger partial charge in [0.25, 0.3) is 0 Å². The van der Waals surface area contributed by atoms with Gasteiger partial charge in [-0.1, -0.05) is 37.1 Å². The average molecular weight is 749 g/mol. The lowest BCUT2D eigenvalue weighted by atomic mass is 9.55. The molecule has 2 aromatic rings. The van der Waals surface area contributed by atoms with Gasteiger partial charge in [0.15, 0.2) is 6.29 Å². The predicted octanol–water partition coefficient (Wildman–Crippen LogP) is 7.43. The minimum absolute atomic E-state index is 0.0566. The van der Waals surface area contributed by atoms with Crippen LogP contribution in [0, 0.1) is 17.8 Å². The van der Waals surface area contributed by atoms with Gasteiger partial charge in [0, 0.05) is 37.7 Å². The number of rotatable bonds is 20. The van der Waals surface area contributed by atoms with Crippen molar-refractivity contribution in [2.45, 2.75) is 83.0 Å². The molecule has 0 bridgehead atoms. The minimum atomic E-state index is -1.37. The normalized spacial score (nSPS) is 24.7. The average Bonchev–Trinajstić information content (AvgIpc) is 3.19. The van der Waals surface area contributed by atoms with Gasteiger partial charge < -0.3 is 38.7 Å². The van der Waals surface area contributed by atoms with Crippen molar-refractivity contribution in [1.82, 2.24) is 4.90 Å². The van der Waals surface area contributed by atoms with E-state index in [0.29, 0.717) is 67.4 Å². The van der Waals surface area contributed by atoms with Crippen molar-refractivity contribution in [2.24, 2.45) is 22.9 Å². The third-order valence-electron chi connectivity index (χ3n) is 10.8. The number of hydrogen-bond donors (Lipinski definition) is 2. The van der Waals surface area contributed by atoms with E-state index in [0.717, 1.165) is 48.8 Å². The number of aliphatic hydroxyl groups excluding tert-OH is 2. The highest BCUT2D eigenvalue weighted by atomic mass is 16.7. The first-order valence-corrected chi connectivity index (χ1v) is 19.2. The van der Waals surface area contributed by atoms with Gasteiger partial charge in [-0.15, -0.1) is 6.58 Å². The summed E-state index contributed by atoms with van der Waals surface area (Å²) < 4.78 is 31.2. The van der Waals surface area contributed by atoms with Crippen LogP contribution >= 0.6 is 0 Å². The molecule has 294 valence electrons. The number of benzene rings is 2. The second-order valence-electron chi connectivity index (χ2n) is 14.0. The molecule has 54 heavy (non-hydrogen) atoms. The summed E-state index contributed by atoms with van der Waals surface area (Å²) in [5, 5.41) is 24.3. The van der Waals surface area contributed by atoms with Crippen LogP contribution in [-0.4, -0.2) is 92.2 Å². The fourth-order valence-electron chi connectivity index (χ4n) is 8.59. The standard InChI is InChI=1S/C42H56N2O10/c1-6-19-44(41(48)50-5)38-26-35(43-52-8-3)33-24-28(13-9-11-20-45)32(14-10-12-21-46)39-34-25-31(53-30-15-17-36(49-4)29(23-30)27-47)16-18-37(34)54-42(38,40(33)39)51-22-7-2/h7,15-18,23-25,27-28,32,38-40,45-46H,2,6,8-14,19-22,26H2,1,3-5H3/t28-,32+,38-,39+,40+,42+/m0/s1. The van der Waals surface area contributed by atoms with Crippen molar-refractivity contribution in [2.75, 3.05) is 47.2 Å². The van der Waals surface area contributed by atoms with Crippen LogP contribution in [0.15, 0.2) is 65.9 Å². The van der Waals surface area contributed by atoms with E-state index < -0.39 is 23.8 Å². The second kappa shape index (κ2) is 19.3. The largest absolute Gasteiger partial charge is 0.496 e. The maximum Gasteiger partial charge on any atom is 0.409 e. The summed E-state index contributed by atoms with van der Waals surface area (Å²) >= 11 is 0. The van der Waals surface area contributed by atoms with E-state index >= 15 is 0 Å². The van der Waals surface area contributed by atoms with E-state index in [4.69, 9.17) is 33.7 Å². The van der Waals surface area contributed by atoms with Crippen LogP contribution in [-0.2, 0) is 14.3 Å². The number of carbonyl (C=O) groups is 2. The minimum Gasteiger partial charge on any atom is -0.496 e. The Morgan fingerprint density at radius 3 is 2.46 bits per heavy atom. The first-order valence-electron chi connectivity index (χ1n) is 19.2. The van der Waals surface area contributed by atoms with Crippen LogP contribution in [0.4, 0.5) is 4.79 Å². The highest BCUT2D eigenvalue weighted by Gasteiger charge is 2.65. The van der Waals surface area contributed by atoms with Crippen LogP contribution in [0.5, 0.6) is 23.0 Å². The lowest BCUT2D eigenvalue weighted by molar-refractivity contribution is -0.255. The van der Waals surface area contributed by atoms with E-state index in [1.165, 1.54) is 14.2 Å². The first-order chi connectivity index (χ1) is 26.3. The van der Waals surface area contributed by atoms with Crippen LogP contribution < -0.4 is 14.2 Å². The number of nitrogens with zero attached hydrogens (tertiary/aromatic N) is 2. The zero-order valence-corrected chi connectivity index (χ0v) is 32.0. The van der Waals surface area contributed by atoms with Gasteiger partial charge in [0.2, 0.25) is 5.79 Å². The molecule has 1 saturated carbocycles. The number of hydrogen-bond acceptors (Lipinski definition) is 11. The number of aliphatic hydroxyl groups is 2. The molecule has 1 fully saturated rings. The Hall–Kier alpha value is -4.39. The smallest absolute Gasteiger partial charge is 0.409 e. The molecule has 0 spiro atoms. The number of amides is 1. The monoisotopic (exact) mass is 748 g/mol. The first kappa shape index (κ1) is 40.8. The van der Waals surface area contributed by atoms with Crippen LogP contribution in [0.25, 0.3) is 0 Å². The van der Waals surface area contributed by atoms with Crippen molar-refractivity contribution in [1.29, 1.82) is 0 Å². The maximum atomic E-state index is 13.6. The topological polar surface area (TPSA) is 146 Å². The molecular formula is C42H56N2O10. The molecule has 0 saturated heterocycles. The molecule has 1 amide bonds. The fraction of sp³-hybridized carbons (Fsp3) is 0.548. The molecule has 5 rings (SSSR count). The number of allylic oxidation sites excluding steroid dienone is 1. The molecular weight excluding hydrogens is 692 g/mol. The summed E-state index contributed by atoms with van der Waals surface area (Å²) in [4.78, 5) is 32.9. The van der Waals surface area contributed by atoms with E-state index in [-0.39, 0.29) is 37.6 Å². The third kappa shape index (κ3) is 8.45. The summed E-state index contributed by atoms with van der Waals surface area (Å²) in [6.07, 6.45) is 9.79. The fourth-order valence-corrected chi connectivity index (χ4v) is 8.59. The van der Waals surface area contributed by atoms with Crippen molar-refractivity contribution in [3.05, 3.63) is 71.8 Å². The van der Waals surface area contributed by atoms with Crippen LogP contribution in [0.3, 0.4) is 0 Å². The van der Waals surface area contributed by atoms with Crippen molar-refractivity contribution < 1.29 is 48.3 Å². The lowest BCUT2D eigenvalue weighted by Crippen LogP contribution is -2.70. The lowest BCUT2D eigenvalue weighted by Gasteiger charge is -2.59. The zero-order chi connectivity index (χ0) is 38.7. The molecule has 3 aliphatic rings. The summed E-state index contributed by atoms with van der Waals surface area (Å²) in [5.74, 6) is 0.207. The summed E-state index contributed by atoms with van der Waals surface area (Å²) in [7, 11) is 2.89. The number of carbonyl (C=O) groups excluding carboxylic acids is 2. The predicted molar refractivity (Wildman–Crippen MR) is 204 cm³/mol. The molecule has 1 heterocycles. The molecule has 2 aromatic carbocycles. The van der Waals surface area contributed by atoms with Crippen LogP contribution in [0.1, 0.15) is 87.1 Å². The summed E-state index contributed by atoms with van der Waals surface area (Å²) in [6, 6.07) is 10.2. The Balaban J connectivity index is 1.76. The molecule has 6 atom stereocenters. The van der Waals surface area contributed by atoms with E-state index in [9.17, 15) is 19.8 Å². The third-order valence-corrected chi connectivity index (χ3v) is 10.8. The Bertz CT molecular complexity index is 1660. The van der Waals surface area contributed by atoms with Gasteiger partial charge in [-0.05, 0) is 92.8 Å². The number of fused-ring (bicyclic) bond motifs is 2. The van der Waals surface area contributed by atoms with Gasteiger partial charge in [-0.3, -0.25) is 9.69 Å². The van der Waals surface area contributed by atoms with Gasteiger partial charge in [0.05, 0.1) is 38.0 Å². The number of ether oxygens (including phenoxy) is 5. The SMILES string of the molecule is C=CCO[C@@]12Oc3ccc(Oc4ccc(OC)c(C=O)c4)cc3[C@H]3[C@H](CCCCO)[C@@H](CCCCO)C=C(C(=NOCC)C[C@@H]1N(CCC)C(=O)OC)[C@H]32. The van der Waals surface area contributed by atoms with Gasteiger partial charge >= 0.3 is 6.09 Å². The highest BCUT2D eigenvalue weighted by molar-refractivity contribution is 6.03. The second-order valence-corrected chi connectivity index (χ2v) is 14.0. The quantitative estimate of drug-likeness (QED) is 0.0607. The van der Waals surface area contributed by atoms with Gasteiger partial charge in [-0.25, -0.2) is 4.79 Å². The van der Waals surface area contributed by atoms with Crippen molar-refractivity contribution >= 4 is 18.1 Å². The number of oxime groups is 1. The number of unbranched alkanes of at least 4 members (excludes halogenated alkanes) is 2. The van der Waals surface area contributed by atoms with E-state index in [2.05, 4.69) is 12.7 Å². The molecule has 1 aliphatic heterocycles. The maximum absolute atomic E-state index is 13.6. The van der Waals surface area contributed by atoms with E-state index in [1.807, 2.05) is 32.0 Å². The molecule has 12 heteroatoms. The molecule has 2 N–H and O–H groups in total. The molecule has 0 aromatic heterocycles. The Kier molecular flexibility index (Phi) is 14.6. The van der Waals surface area contributed by atoms with Crippen molar-refractivity contribution in [3.8, 4) is 23.0 Å². The van der Waals surface area contributed by atoms with Gasteiger partial charge in [-0.2, -0.15) is 0 Å². The summed E-state index contributed by atoms with van der Waals surface area (Å²) in [6.45, 7) is 8.98. The van der Waals surface area contributed by atoms with Crippen LogP contribution in [0.2, 0.25) is 0 Å². The Morgan fingerprint density at radius 1 is 1.06 bits per heavy atom.